The van der Waals surface area contributed by atoms with Crippen molar-refractivity contribution in [1.82, 2.24) is 14.5 Å². The number of pyridine rings is 1. The molecule has 0 saturated carbocycles. The number of hydrogen-bond acceptors (Lipinski definition) is 7. The fraction of sp³-hybridized carbons (Fsp3) is 0.278. The molecule has 2 rings (SSSR count). The molecular weight excluding hydrogens is 460 g/mol. The first-order chi connectivity index (χ1) is 14.8. The van der Waals surface area contributed by atoms with Crippen molar-refractivity contribution >= 4 is 35.6 Å². The van der Waals surface area contributed by atoms with Gasteiger partial charge in [-0.3, -0.25) is 4.99 Å². The van der Waals surface area contributed by atoms with Gasteiger partial charge in [-0.05, 0) is 24.0 Å². The molecule has 0 amide bonds. The number of thioether (sulfide) groups is 1. The molecular formula is C18H19F6N7S. The van der Waals surface area contributed by atoms with Crippen LogP contribution in [0.15, 0.2) is 39.6 Å². The molecule has 14 heteroatoms. The lowest BCUT2D eigenvalue weighted by molar-refractivity contribution is -0.0930. The van der Waals surface area contributed by atoms with Crippen LogP contribution in [0.2, 0.25) is 0 Å². The van der Waals surface area contributed by atoms with Crippen molar-refractivity contribution in [3.05, 3.63) is 35.4 Å². The Hall–Kier alpha value is -3.16. The minimum Gasteiger partial charge on any atom is -0.395 e. The van der Waals surface area contributed by atoms with Crippen LogP contribution >= 0.6 is 11.8 Å². The number of aromatic nitrogens is 3. The van der Waals surface area contributed by atoms with Crippen LogP contribution in [0.1, 0.15) is 12.6 Å². The highest BCUT2D eigenvalue weighted by Crippen LogP contribution is 2.34. The summed E-state index contributed by atoms with van der Waals surface area (Å²) < 4.78 is 76.9. The third-order valence-electron chi connectivity index (χ3n) is 3.94. The van der Waals surface area contributed by atoms with Crippen LogP contribution in [0.4, 0.5) is 37.8 Å². The van der Waals surface area contributed by atoms with E-state index in [9.17, 15) is 26.3 Å². The maximum atomic E-state index is 12.8. The van der Waals surface area contributed by atoms with Gasteiger partial charge in [0.1, 0.15) is 28.6 Å². The zero-order chi connectivity index (χ0) is 24.3. The third-order valence-corrected chi connectivity index (χ3v) is 4.85. The van der Waals surface area contributed by atoms with Crippen molar-refractivity contribution in [2.75, 3.05) is 11.5 Å². The molecule has 0 aliphatic carbocycles. The van der Waals surface area contributed by atoms with E-state index < -0.39 is 23.7 Å². The largest absolute Gasteiger partial charge is 0.430 e. The van der Waals surface area contributed by atoms with E-state index in [0.29, 0.717) is 28.5 Å². The zero-order valence-corrected chi connectivity index (χ0v) is 17.6. The van der Waals surface area contributed by atoms with Gasteiger partial charge in [-0.1, -0.05) is 6.92 Å². The summed E-state index contributed by atoms with van der Waals surface area (Å²) in [6.45, 7) is 1.85. The fourth-order valence-electron chi connectivity index (χ4n) is 2.32. The second-order valence-corrected chi connectivity index (χ2v) is 7.54. The number of imidazole rings is 1. The predicted molar refractivity (Wildman–Crippen MR) is 112 cm³/mol. The summed E-state index contributed by atoms with van der Waals surface area (Å²) in [6.07, 6.45) is -6.01. The highest BCUT2D eigenvalue weighted by Gasteiger charge is 2.32. The molecule has 0 unspecified atom stereocenters. The average Bonchev–Trinajstić information content (AvgIpc) is 2.95. The van der Waals surface area contributed by atoms with Crippen molar-refractivity contribution < 1.29 is 26.3 Å². The molecule has 6 N–H and O–H groups in total. The first-order valence-corrected chi connectivity index (χ1v) is 9.81. The molecule has 0 bridgehead atoms. The van der Waals surface area contributed by atoms with Gasteiger partial charge in [0.05, 0.1) is 11.9 Å². The van der Waals surface area contributed by atoms with Gasteiger partial charge >= 0.3 is 12.4 Å². The Bertz CT molecular complexity index is 1070. The number of allylic oxidation sites excluding steroid dienone is 3. The van der Waals surface area contributed by atoms with E-state index in [0.717, 1.165) is 6.21 Å². The van der Waals surface area contributed by atoms with Crippen LogP contribution in [0.5, 0.6) is 0 Å². The van der Waals surface area contributed by atoms with Crippen LogP contribution in [-0.2, 0) is 7.05 Å². The van der Waals surface area contributed by atoms with Crippen molar-refractivity contribution in [2.24, 2.45) is 23.5 Å². The Kier molecular flexibility index (Phi) is 7.49. The smallest absolute Gasteiger partial charge is 0.395 e. The van der Waals surface area contributed by atoms with Crippen LogP contribution in [-0.4, -0.2) is 38.9 Å². The molecule has 174 valence electrons. The van der Waals surface area contributed by atoms with E-state index in [-0.39, 0.29) is 23.0 Å². The van der Waals surface area contributed by atoms with E-state index in [1.807, 2.05) is 6.92 Å². The van der Waals surface area contributed by atoms with Crippen LogP contribution in [0.25, 0.3) is 17.6 Å². The second kappa shape index (κ2) is 9.54. The normalized spacial score (nSPS) is 13.9. The number of alkyl halides is 6. The van der Waals surface area contributed by atoms with Crippen molar-refractivity contribution in [3.63, 3.8) is 0 Å². The molecule has 0 fully saturated rings. The van der Waals surface area contributed by atoms with Gasteiger partial charge in [-0.25, -0.2) is 9.97 Å². The van der Waals surface area contributed by atoms with Crippen LogP contribution in [0.3, 0.4) is 0 Å². The molecule has 2 aromatic heterocycles. The molecule has 2 heterocycles. The lowest BCUT2D eigenvalue weighted by atomic mass is 10.3. The summed E-state index contributed by atoms with van der Waals surface area (Å²) >= 11 is 1.33. The first kappa shape index (κ1) is 25.1. The van der Waals surface area contributed by atoms with E-state index in [1.165, 1.54) is 29.6 Å². The van der Waals surface area contributed by atoms with E-state index in [2.05, 4.69) is 15.0 Å². The molecule has 0 spiro atoms. The highest BCUT2D eigenvalue weighted by molar-refractivity contribution is 7.99. The number of nitrogens with two attached hydrogens (primary N) is 3. The summed E-state index contributed by atoms with van der Waals surface area (Å²) in [7, 11) is 1.50. The topological polar surface area (TPSA) is 121 Å². The highest BCUT2D eigenvalue weighted by atomic mass is 32.2. The maximum Gasteiger partial charge on any atom is 0.430 e. The molecule has 0 atom stereocenters. The van der Waals surface area contributed by atoms with Gasteiger partial charge in [0.25, 0.3) is 0 Å². The average molecular weight is 479 g/mol. The van der Waals surface area contributed by atoms with E-state index in [1.54, 1.807) is 6.07 Å². The Morgan fingerprint density at radius 1 is 1.16 bits per heavy atom. The molecule has 0 saturated heterocycles. The van der Waals surface area contributed by atoms with Gasteiger partial charge in [-0.2, -0.15) is 26.3 Å². The number of halogens is 6. The second-order valence-electron chi connectivity index (χ2n) is 6.23. The minimum absolute atomic E-state index is 0.0590. The van der Waals surface area contributed by atoms with Gasteiger partial charge in [0, 0.05) is 18.2 Å². The Morgan fingerprint density at radius 2 is 1.78 bits per heavy atom. The Labute approximate surface area is 183 Å². The molecule has 0 aliphatic heterocycles. The predicted octanol–water partition coefficient (Wildman–Crippen LogP) is 4.15. The summed E-state index contributed by atoms with van der Waals surface area (Å²) in [5, 5.41) is 0. The minimum atomic E-state index is -4.74. The van der Waals surface area contributed by atoms with Crippen molar-refractivity contribution in [3.8, 4) is 11.5 Å². The molecule has 0 aliphatic rings. The van der Waals surface area contributed by atoms with Crippen LogP contribution < -0.4 is 17.2 Å². The molecule has 2 aromatic rings. The fourth-order valence-corrected chi connectivity index (χ4v) is 3.11. The van der Waals surface area contributed by atoms with Gasteiger partial charge < -0.3 is 21.8 Å². The first-order valence-electron chi connectivity index (χ1n) is 8.82. The lowest BCUT2D eigenvalue weighted by Gasteiger charge is -2.08. The number of rotatable bonds is 6. The summed E-state index contributed by atoms with van der Waals surface area (Å²) in [5.74, 6) is 0.712. The molecule has 7 nitrogen and oxygen atoms in total. The molecule has 0 aromatic carbocycles. The summed E-state index contributed by atoms with van der Waals surface area (Å²) in [4.78, 5) is 12.8. The van der Waals surface area contributed by atoms with Crippen LogP contribution in [0, 0.1) is 0 Å². The van der Waals surface area contributed by atoms with E-state index in [4.69, 9.17) is 17.2 Å². The quantitative estimate of drug-likeness (QED) is 0.325. The Balaban J connectivity index is 2.48. The number of nitrogens with zero attached hydrogens (tertiary/aromatic N) is 4. The van der Waals surface area contributed by atoms with E-state index >= 15 is 0 Å². The SMILES string of the molecule is CCSc1cc(N=CC=C(N)C(F)(F)F)cnc1-c1nc(/C=C(\N)C(F)(F)F)c(N)n1C. The number of aliphatic imine (C=N–C) groups is 1. The number of anilines is 1. The summed E-state index contributed by atoms with van der Waals surface area (Å²) in [5.41, 5.74) is 13.5. The lowest BCUT2D eigenvalue weighted by Crippen LogP contribution is -2.19. The monoisotopic (exact) mass is 479 g/mol. The van der Waals surface area contributed by atoms with Crippen molar-refractivity contribution in [1.29, 1.82) is 0 Å². The number of hydrogen-bond donors (Lipinski definition) is 3. The molecule has 0 radical (unpaired) electrons. The number of nitrogen functional groups attached to an aromatic ring is 1. The van der Waals surface area contributed by atoms with Gasteiger partial charge in [0.2, 0.25) is 0 Å². The zero-order valence-electron chi connectivity index (χ0n) is 16.8. The Morgan fingerprint density at radius 3 is 2.34 bits per heavy atom. The molecule has 32 heavy (non-hydrogen) atoms. The van der Waals surface area contributed by atoms with Gasteiger partial charge in [0.15, 0.2) is 5.82 Å². The standard InChI is InChI=1S/C18H19F6N7S/c1-3-32-11-6-9(28-5-4-12(25)17(19,20)21)8-29-14(11)16-30-10(15(27)31(16)2)7-13(26)18(22,23)24/h4-8H,3,25-27H2,1-2H3/b12-4?,13-7-,28-5?. The summed E-state index contributed by atoms with van der Waals surface area (Å²) in [6, 6.07) is 1.55. The third kappa shape index (κ3) is 5.96. The van der Waals surface area contributed by atoms with Gasteiger partial charge in [-0.15, -0.1) is 11.8 Å². The van der Waals surface area contributed by atoms with Crippen molar-refractivity contribution in [2.45, 2.75) is 24.2 Å². The maximum absolute atomic E-state index is 12.8.